The SMILES string of the molecule is COc1ccc(C2(NC(=O)CN)CCCC2)cc1. The van der Waals surface area contributed by atoms with E-state index in [4.69, 9.17) is 10.5 Å². The Kier molecular flexibility index (Phi) is 3.87. The zero-order chi connectivity index (χ0) is 13.0. The molecular weight excluding hydrogens is 228 g/mol. The molecule has 4 nitrogen and oxygen atoms in total. The molecule has 4 heteroatoms. The third-order valence-electron chi connectivity index (χ3n) is 3.66. The summed E-state index contributed by atoms with van der Waals surface area (Å²) in [4.78, 5) is 11.6. The number of nitrogens with two attached hydrogens (primary N) is 1. The first-order chi connectivity index (χ1) is 8.70. The molecule has 1 aliphatic carbocycles. The van der Waals surface area contributed by atoms with E-state index < -0.39 is 0 Å². The Balaban J connectivity index is 2.25. The third kappa shape index (κ3) is 2.48. The molecule has 1 aliphatic rings. The van der Waals surface area contributed by atoms with Crippen LogP contribution in [0.2, 0.25) is 0 Å². The molecule has 0 aromatic heterocycles. The van der Waals surface area contributed by atoms with E-state index in [1.165, 1.54) is 0 Å². The fourth-order valence-electron chi connectivity index (χ4n) is 2.69. The Morgan fingerprint density at radius 3 is 2.44 bits per heavy atom. The molecule has 1 saturated carbocycles. The van der Waals surface area contributed by atoms with Gasteiger partial charge in [-0.05, 0) is 30.5 Å². The summed E-state index contributed by atoms with van der Waals surface area (Å²) in [5.41, 5.74) is 6.31. The third-order valence-corrected chi connectivity index (χ3v) is 3.66. The fraction of sp³-hybridized carbons (Fsp3) is 0.500. The lowest BCUT2D eigenvalue weighted by Crippen LogP contribution is -2.46. The van der Waals surface area contributed by atoms with Crippen molar-refractivity contribution in [3.8, 4) is 5.75 Å². The van der Waals surface area contributed by atoms with Crippen LogP contribution in [0.1, 0.15) is 31.2 Å². The average Bonchev–Trinajstić information content (AvgIpc) is 2.88. The molecule has 1 aromatic rings. The van der Waals surface area contributed by atoms with E-state index in [2.05, 4.69) is 5.32 Å². The van der Waals surface area contributed by atoms with Crippen LogP contribution in [0.25, 0.3) is 0 Å². The number of hydrogen-bond acceptors (Lipinski definition) is 3. The van der Waals surface area contributed by atoms with Gasteiger partial charge in [-0.1, -0.05) is 25.0 Å². The highest BCUT2D eigenvalue weighted by atomic mass is 16.5. The molecule has 0 atom stereocenters. The molecule has 18 heavy (non-hydrogen) atoms. The number of hydrogen-bond donors (Lipinski definition) is 2. The van der Waals surface area contributed by atoms with Gasteiger partial charge in [0.15, 0.2) is 0 Å². The van der Waals surface area contributed by atoms with Crippen molar-refractivity contribution in [2.24, 2.45) is 5.73 Å². The van der Waals surface area contributed by atoms with Crippen molar-refractivity contribution >= 4 is 5.91 Å². The Labute approximate surface area is 108 Å². The molecule has 1 fully saturated rings. The van der Waals surface area contributed by atoms with Gasteiger partial charge >= 0.3 is 0 Å². The second-order valence-corrected chi connectivity index (χ2v) is 4.77. The molecule has 1 amide bonds. The molecule has 3 N–H and O–H groups in total. The van der Waals surface area contributed by atoms with Crippen molar-refractivity contribution in [1.29, 1.82) is 0 Å². The maximum absolute atomic E-state index is 11.6. The monoisotopic (exact) mass is 248 g/mol. The summed E-state index contributed by atoms with van der Waals surface area (Å²) in [5.74, 6) is 0.741. The van der Waals surface area contributed by atoms with Gasteiger partial charge in [-0.3, -0.25) is 4.79 Å². The van der Waals surface area contributed by atoms with Gasteiger partial charge in [0.2, 0.25) is 5.91 Å². The van der Waals surface area contributed by atoms with Gasteiger partial charge < -0.3 is 15.8 Å². The zero-order valence-corrected chi connectivity index (χ0v) is 10.7. The molecule has 0 aliphatic heterocycles. The Morgan fingerprint density at radius 2 is 1.94 bits per heavy atom. The summed E-state index contributed by atoms with van der Waals surface area (Å²) < 4.78 is 5.16. The molecule has 0 saturated heterocycles. The van der Waals surface area contributed by atoms with Crippen LogP contribution in [0.4, 0.5) is 0 Å². The maximum Gasteiger partial charge on any atom is 0.234 e. The molecule has 0 unspecified atom stereocenters. The first-order valence-electron chi connectivity index (χ1n) is 6.36. The average molecular weight is 248 g/mol. The summed E-state index contributed by atoms with van der Waals surface area (Å²) >= 11 is 0. The van der Waals surface area contributed by atoms with Crippen LogP contribution in [0.5, 0.6) is 5.75 Å². The Bertz CT molecular complexity index is 408. The lowest BCUT2D eigenvalue weighted by atomic mass is 9.88. The normalized spacial score (nSPS) is 17.4. The summed E-state index contributed by atoms with van der Waals surface area (Å²) in [7, 11) is 1.65. The minimum atomic E-state index is -0.233. The number of carbonyl (C=O) groups is 1. The number of methoxy groups -OCH3 is 1. The summed E-state index contributed by atoms with van der Waals surface area (Å²) in [5, 5.41) is 3.09. The van der Waals surface area contributed by atoms with Gasteiger partial charge in [-0.15, -0.1) is 0 Å². The lowest BCUT2D eigenvalue weighted by molar-refractivity contribution is -0.121. The highest BCUT2D eigenvalue weighted by molar-refractivity contribution is 5.78. The molecular formula is C14H20N2O2. The van der Waals surface area contributed by atoms with E-state index in [0.29, 0.717) is 0 Å². The van der Waals surface area contributed by atoms with Gasteiger partial charge in [-0.25, -0.2) is 0 Å². The van der Waals surface area contributed by atoms with E-state index >= 15 is 0 Å². The van der Waals surface area contributed by atoms with E-state index in [0.717, 1.165) is 37.0 Å². The molecule has 0 bridgehead atoms. The smallest absolute Gasteiger partial charge is 0.234 e. The number of rotatable bonds is 4. The van der Waals surface area contributed by atoms with Crippen molar-refractivity contribution in [3.63, 3.8) is 0 Å². The lowest BCUT2D eigenvalue weighted by Gasteiger charge is -2.31. The molecule has 0 heterocycles. The highest BCUT2D eigenvalue weighted by Crippen LogP contribution is 2.39. The van der Waals surface area contributed by atoms with E-state index in [1.54, 1.807) is 7.11 Å². The van der Waals surface area contributed by atoms with Crippen LogP contribution in [0.3, 0.4) is 0 Å². The fourth-order valence-corrected chi connectivity index (χ4v) is 2.69. The summed E-state index contributed by atoms with van der Waals surface area (Å²) in [6, 6.07) is 7.93. The number of amides is 1. The molecule has 98 valence electrons. The van der Waals surface area contributed by atoms with Crippen molar-refractivity contribution in [2.75, 3.05) is 13.7 Å². The van der Waals surface area contributed by atoms with Gasteiger partial charge in [0, 0.05) is 0 Å². The first-order valence-corrected chi connectivity index (χ1v) is 6.36. The van der Waals surface area contributed by atoms with Crippen LogP contribution < -0.4 is 15.8 Å². The Hall–Kier alpha value is -1.55. The van der Waals surface area contributed by atoms with Crippen LogP contribution in [-0.2, 0) is 10.3 Å². The van der Waals surface area contributed by atoms with E-state index in [-0.39, 0.29) is 18.0 Å². The van der Waals surface area contributed by atoms with Crippen molar-refractivity contribution in [3.05, 3.63) is 29.8 Å². The minimum absolute atomic E-state index is 0.0396. The van der Waals surface area contributed by atoms with Crippen LogP contribution in [-0.4, -0.2) is 19.6 Å². The van der Waals surface area contributed by atoms with Crippen LogP contribution in [0.15, 0.2) is 24.3 Å². The van der Waals surface area contributed by atoms with Crippen LogP contribution in [0, 0.1) is 0 Å². The van der Waals surface area contributed by atoms with Gasteiger partial charge in [0.05, 0.1) is 19.2 Å². The van der Waals surface area contributed by atoms with Crippen molar-refractivity contribution in [1.82, 2.24) is 5.32 Å². The molecule has 2 rings (SSSR count). The summed E-state index contributed by atoms with van der Waals surface area (Å²) in [6.45, 7) is 0.0396. The number of nitrogens with one attached hydrogen (secondary N) is 1. The second-order valence-electron chi connectivity index (χ2n) is 4.77. The molecule has 0 radical (unpaired) electrons. The van der Waals surface area contributed by atoms with Gasteiger partial charge in [-0.2, -0.15) is 0 Å². The van der Waals surface area contributed by atoms with Crippen LogP contribution >= 0.6 is 0 Å². The van der Waals surface area contributed by atoms with Gasteiger partial charge in [0.1, 0.15) is 5.75 Å². The first kappa shape index (κ1) is 12.9. The molecule has 1 aromatic carbocycles. The predicted molar refractivity (Wildman–Crippen MR) is 70.3 cm³/mol. The van der Waals surface area contributed by atoms with E-state index in [1.807, 2.05) is 24.3 Å². The quantitative estimate of drug-likeness (QED) is 0.849. The van der Waals surface area contributed by atoms with E-state index in [9.17, 15) is 4.79 Å². The predicted octanol–water partition coefficient (Wildman–Crippen LogP) is 1.54. The molecule has 0 spiro atoms. The summed E-state index contributed by atoms with van der Waals surface area (Å²) in [6.07, 6.45) is 4.23. The highest BCUT2D eigenvalue weighted by Gasteiger charge is 2.36. The van der Waals surface area contributed by atoms with Crippen molar-refractivity contribution in [2.45, 2.75) is 31.2 Å². The minimum Gasteiger partial charge on any atom is -0.497 e. The topological polar surface area (TPSA) is 64.3 Å². The largest absolute Gasteiger partial charge is 0.497 e. The number of benzene rings is 1. The maximum atomic E-state index is 11.6. The van der Waals surface area contributed by atoms with Gasteiger partial charge in [0.25, 0.3) is 0 Å². The van der Waals surface area contributed by atoms with Crippen molar-refractivity contribution < 1.29 is 9.53 Å². The number of carbonyl (C=O) groups excluding carboxylic acids is 1. The zero-order valence-electron chi connectivity index (χ0n) is 10.7. The second kappa shape index (κ2) is 5.40. The Morgan fingerprint density at radius 1 is 1.33 bits per heavy atom. The standard InChI is InChI=1S/C14H20N2O2/c1-18-12-6-4-11(5-7-12)14(8-2-3-9-14)16-13(17)10-15/h4-7H,2-3,8-10,15H2,1H3,(H,16,17). The number of ether oxygens (including phenoxy) is 1.